The van der Waals surface area contributed by atoms with Crippen molar-refractivity contribution in [3.8, 4) is 11.1 Å². The first-order valence-corrected chi connectivity index (χ1v) is 10.4. The van der Waals surface area contributed by atoms with Crippen LogP contribution >= 0.6 is 11.6 Å². The summed E-state index contributed by atoms with van der Waals surface area (Å²) in [7, 11) is 0. The van der Waals surface area contributed by atoms with Crippen LogP contribution in [0.25, 0.3) is 11.1 Å². The fourth-order valence-corrected chi connectivity index (χ4v) is 4.93. The van der Waals surface area contributed by atoms with Crippen LogP contribution in [0, 0.1) is 5.82 Å². The minimum absolute atomic E-state index is 0.0659. The van der Waals surface area contributed by atoms with Crippen molar-refractivity contribution in [2.45, 2.75) is 50.0 Å². The highest BCUT2D eigenvalue weighted by molar-refractivity contribution is 6.34. The second kappa shape index (κ2) is 6.87. The minimum atomic E-state index is -0.573. The van der Waals surface area contributed by atoms with E-state index < -0.39 is 11.7 Å². The van der Waals surface area contributed by atoms with Crippen molar-refractivity contribution in [1.29, 1.82) is 0 Å². The van der Waals surface area contributed by atoms with Gasteiger partial charge in [-0.2, -0.15) is 0 Å². The highest BCUT2D eigenvalue weighted by atomic mass is 35.5. The van der Waals surface area contributed by atoms with E-state index in [0.717, 1.165) is 19.3 Å². The molecule has 2 saturated heterocycles. The lowest BCUT2D eigenvalue weighted by Crippen LogP contribution is -2.39. The summed E-state index contributed by atoms with van der Waals surface area (Å²) in [5.41, 5.74) is 1.35. The van der Waals surface area contributed by atoms with E-state index >= 15 is 4.39 Å². The molecule has 3 amide bonds. The number of piperidine rings is 1. The maximum atomic E-state index is 15.0. The van der Waals surface area contributed by atoms with Crippen molar-refractivity contribution >= 4 is 35.1 Å². The number of nitrogens with one attached hydrogen (secondary N) is 1. The van der Waals surface area contributed by atoms with E-state index in [9.17, 15) is 14.4 Å². The smallest absolute Gasteiger partial charge is 0.234 e. The maximum absolute atomic E-state index is 15.0. The van der Waals surface area contributed by atoms with Gasteiger partial charge >= 0.3 is 0 Å². The quantitative estimate of drug-likeness (QED) is 0.757. The molecule has 2 aliphatic heterocycles. The Morgan fingerprint density at radius 1 is 1.17 bits per heavy atom. The van der Waals surface area contributed by atoms with Crippen LogP contribution in [0.4, 0.5) is 10.2 Å². The summed E-state index contributed by atoms with van der Waals surface area (Å²) in [5.74, 6) is -1.82. The molecule has 1 N–H and O–H groups in total. The monoisotopic (exact) mass is 427 g/mol. The predicted octanol–water partition coefficient (Wildman–Crippen LogP) is 3.72. The molecule has 154 valence electrons. The lowest BCUT2D eigenvalue weighted by atomic mass is 9.88. The fourth-order valence-electron chi connectivity index (χ4n) is 4.56. The van der Waals surface area contributed by atoms with Gasteiger partial charge in [-0.25, -0.2) is 9.37 Å². The number of nitrogens with zero attached hydrogens (tertiary/aromatic N) is 2. The Balaban J connectivity index is 1.49. The molecular weight excluding hydrogens is 409 g/mol. The molecule has 8 heteroatoms. The van der Waals surface area contributed by atoms with Gasteiger partial charge in [0.1, 0.15) is 0 Å². The summed E-state index contributed by atoms with van der Waals surface area (Å²) in [5, 5.41) is 2.66. The molecule has 1 unspecified atom stereocenters. The number of aromatic nitrogens is 1. The number of pyridine rings is 1. The van der Waals surface area contributed by atoms with E-state index in [4.69, 9.17) is 11.6 Å². The third-order valence-electron chi connectivity index (χ3n) is 6.34. The summed E-state index contributed by atoms with van der Waals surface area (Å²) >= 11 is 6.60. The van der Waals surface area contributed by atoms with E-state index in [0.29, 0.717) is 34.6 Å². The number of benzene rings is 1. The highest BCUT2D eigenvalue weighted by Gasteiger charge is 2.55. The summed E-state index contributed by atoms with van der Waals surface area (Å²) in [4.78, 5) is 41.8. The zero-order valence-corrected chi connectivity index (χ0v) is 16.8. The third kappa shape index (κ3) is 2.99. The normalized spacial score (nSPS) is 22.5. The third-order valence-corrected chi connectivity index (χ3v) is 6.76. The Labute approximate surface area is 177 Å². The number of anilines is 1. The van der Waals surface area contributed by atoms with Gasteiger partial charge < -0.3 is 0 Å². The summed E-state index contributed by atoms with van der Waals surface area (Å²) in [6.45, 7) is 0. The summed E-state index contributed by atoms with van der Waals surface area (Å²) in [6.07, 6.45) is 5.04. The molecule has 0 radical (unpaired) electrons. The first-order valence-electron chi connectivity index (χ1n) is 10.0. The van der Waals surface area contributed by atoms with E-state index in [2.05, 4.69) is 10.3 Å². The second-order valence-electron chi connectivity index (χ2n) is 8.20. The lowest BCUT2D eigenvalue weighted by molar-refractivity contribution is -0.134. The number of carbonyl (C=O) groups is 3. The standard InChI is InChI=1S/C22H19ClFN3O3/c23-19-13(2-1-3-14(19)15-4-5-17(28)26-21(15)30)12-10-16(24)20(25-11-12)27-18(29)6-7-22(27)8-9-22/h1-3,10-11,15H,4-9H2,(H,26,28,30). The van der Waals surface area contributed by atoms with Crippen LogP contribution in [-0.4, -0.2) is 28.2 Å². The first kappa shape index (κ1) is 19.2. The molecule has 1 atom stereocenters. The van der Waals surface area contributed by atoms with Crippen molar-refractivity contribution in [2.24, 2.45) is 0 Å². The molecule has 0 bridgehead atoms. The van der Waals surface area contributed by atoms with Gasteiger partial charge in [-0.1, -0.05) is 29.8 Å². The number of halogens is 2. The van der Waals surface area contributed by atoms with E-state index in [1.165, 1.54) is 17.2 Å². The molecular formula is C22H19ClFN3O3. The Morgan fingerprint density at radius 2 is 1.97 bits per heavy atom. The van der Waals surface area contributed by atoms with Gasteiger partial charge in [-0.3, -0.25) is 24.6 Å². The van der Waals surface area contributed by atoms with Crippen LogP contribution in [0.3, 0.4) is 0 Å². The van der Waals surface area contributed by atoms with Crippen molar-refractivity contribution in [3.05, 3.63) is 46.9 Å². The summed E-state index contributed by atoms with van der Waals surface area (Å²) in [6, 6.07) is 6.55. The zero-order valence-electron chi connectivity index (χ0n) is 16.1. The lowest BCUT2D eigenvalue weighted by Gasteiger charge is -2.24. The number of rotatable bonds is 3. The molecule has 5 rings (SSSR count). The van der Waals surface area contributed by atoms with Gasteiger partial charge in [0.25, 0.3) is 0 Å². The second-order valence-corrected chi connectivity index (χ2v) is 8.57. The van der Waals surface area contributed by atoms with Crippen LogP contribution < -0.4 is 10.2 Å². The number of imide groups is 1. The van der Waals surface area contributed by atoms with Gasteiger partial charge in [-0.05, 0) is 37.3 Å². The number of amides is 3. The molecule has 3 aliphatic rings. The minimum Gasteiger partial charge on any atom is -0.296 e. The molecule has 3 fully saturated rings. The number of carbonyl (C=O) groups excluding carboxylic acids is 3. The Kier molecular flexibility index (Phi) is 4.39. The van der Waals surface area contributed by atoms with Gasteiger partial charge in [-0.15, -0.1) is 0 Å². The molecule has 6 nitrogen and oxygen atoms in total. The molecule has 1 saturated carbocycles. The topological polar surface area (TPSA) is 79.4 Å². The molecule has 1 aromatic heterocycles. The van der Waals surface area contributed by atoms with Gasteiger partial charge in [0.15, 0.2) is 11.6 Å². The van der Waals surface area contributed by atoms with Gasteiger partial charge in [0, 0.05) is 30.2 Å². The Bertz CT molecular complexity index is 1100. The number of hydrogen-bond acceptors (Lipinski definition) is 4. The average molecular weight is 428 g/mol. The SMILES string of the molecule is O=C1CCC(c2cccc(-c3cnc(N4C(=O)CCC45CC5)c(F)c3)c2Cl)C(=O)N1. The number of hydrogen-bond donors (Lipinski definition) is 1. The molecule has 1 spiro atoms. The predicted molar refractivity (Wildman–Crippen MR) is 108 cm³/mol. The van der Waals surface area contributed by atoms with Crippen molar-refractivity contribution in [2.75, 3.05) is 4.90 Å². The van der Waals surface area contributed by atoms with E-state index in [1.54, 1.807) is 18.2 Å². The molecule has 3 heterocycles. The first-order chi connectivity index (χ1) is 14.4. The molecule has 1 aliphatic carbocycles. The van der Waals surface area contributed by atoms with Crippen LogP contribution in [0.2, 0.25) is 5.02 Å². The van der Waals surface area contributed by atoms with Crippen LogP contribution in [0.1, 0.15) is 50.0 Å². The zero-order chi connectivity index (χ0) is 21.0. The van der Waals surface area contributed by atoms with E-state index in [-0.39, 0.29) is 35.5 Å². The fraction of sp³-hybridized carbons (Fsp3) is 0.364. The van der Waals surface area contributed by atoms with Gasteiger partial charge in [0.05, 0.1) is 16.5 Å². The largest absolute Gasteiger partial charge is 0.296 e. The van der Waals surface area contributed by atoms with Crippen molar-refractivity contribution < 1.29 is 18.8 Å². The maximum Gasteiger partial charge on any atom is 0.234 e. The van der Waals surface area contributed by atoms with Crippen molar-refractivity contribution in [3.63, 3.8) is 0 Å². The molecule has 30 heavy (non-hydrogen) atoms. The molecule has 2 aromatic rings. The molecule has 1 aromatic carbocycles. The Morgan fingerprint density at radius 3 is 2.67 bits per heavy atom. The van der Waals surface area contributed by atoms with E-state index in [1.807, 2.05) is 0 Å². The average Bonchev–Trinajstić information content (AvgIpc) is 3.42. The Hall–Kier alpha value is -2.80. The highest BCUT2D eigenvalue weighted by Crippen LogP contribution is 2.52. The summed E-state index contributed by atoms with van der Waals surface area (Å²) < 4.78 is 15.0. The van der Waals surface area contributed by atoms with Crippen LogP contribution in [0.5, 0.6) is 0 Å². The van der Waals surface area contributed by atoms with Gasteiger partial charge in [0.2, 0.25) is 17.7 Å². The van der Waals surface area contributed by atoms with Crippen molar-refractivity contribution in [1.82, 2.24) is 10.3 Å². The van der Waals surface area contributed by atoms with Crippen LogP contribution in [0.15, 0.2) is 30.5 Å². The van der Waals surface area contributed by atoms with Crippen LogP contribution in [-0.2, 0) is 14.4 Å².